The molecule has 3 aromatic rings. The number of hydrogen-bond donors (Lipinski definition) is 0. The minimum absolute atomic E-state index is 0.178. The van der Waals surface area contributed by atoms with Crippen LogP contribution in [0.15, 0.2) is 48.8 Å². The van der Waals surface area contributed by atoms with Crippen LogP contribution in [0.2, 0.25) is 10.0 Å². The average molecular weight is 332 g/mol. The Morgan fingerprint density at radius 3 is 2.45 bits per heavy atom. The maximum absolute atomic E-state index is 12.2. The Bertz CT molecular complexity index is 844. The fourth-order valence-electron chi connectivity index (χ4n) is 2.26. The van der Waals surface area contributed by atoms with E-state index in [0.717, 1.165) is 0 Å². The summed E-state index contributed by atoms with van der Waals surface area (Å²) < 4.78 is 0. The van der Waals surface area contributed by atoms with Crippen molar-refractivity contribution in [3.63, 3.8) is 0 Å². The van der Waals surface area contributed by atoms with Crippen LogP contribution in [-0.4, -0.2) is 15.9 Å². The zero-order valence-corrected chi connectivity index (χ0v) is 13.1. The normalized spacial score (nSPS) is 10.7. The highest BCUT2D eigenvalue weighted by Gasteiger charge is 2.20. The van der Waals surface area contributed by atoms with Gasteiger partial charge in [-0.2, -0.15) is 0 Å². The maximum atomic E-state index is 12.2. The van der Waals surface area contributed by atoms with Gasteiger partial charge in [-0.3, -0.25) is 9.69 Å². The van der Waals surface area contributed by atoms with Crippen molar-refractivity contribution >= 4 is 51.5 Å². The topological polar surface area (TPSA) is 46.1 Å². The van der Waals surface area contributed by atoms with E-state index in [4.69, 9.17) is 23.2 Å². The zero-order valence-electron chi connectivity index (χ0n) is 11.6. The Kier molecular flexibility index (Phi) is 3.96. The van der Waals surface area contributed by atoms with Crippen LogP contribution in [-0.2, 0) is 4.79 Å². The summed E-state index contributed by atoms with van der Waals surface area (Å²) >= 11 is 12.2. The van der Waals surface area contributed by atoms with E-state index in [1.165, 1.54) is 18.2 Å². The molecular weight excluding hydrogens is 321 g/mol. The third-order valence-electron chi connectivity index (χ3n) is 3.20. The Balaban J connectivity index is 2.26. The van der Waals surface area contributed by atoms with Gasteiger partial charge in [0.25, 0.3) is 0 Å². The number of rotatable bonds is 2. The molecule has 4 nitrogen and oxygen atoms in total. The molecule has 110 valence electrons. The summed E-state index contributed by atoms with van der Waals surface area (Å²) in [6.45, 7) is 1.47. The van der Waals surface area contributed by atoms with Crippen molar-refractivity contribution in [2.75, 3.05) is 4.90 Å². The molecule has 0 unspecified atom stereocenters. The van der Waals surface area contributed by atoms with Crippen LogP contribution in [0.3, 0.4) is 0 Å². The molecule has 0 bridgehead atoms. The highest BCUT2D eigenvalue weighted by molar-refractivity contribution is 6.36. The lowest BCUT2D eigenvalue weighted by atomic mass is 10.2. The highest BCUT2D eigenvalue weighted by atomic mass is 35.5. The van der Waals surface area contributed by atoms with Crippen molar-refractivity contribution in [1.82, 2.24) is 9.97 Å². The number of hydrogen-bond acceptors (Lipinski definition) is 3. The standard InChI is InChI=1S/C16H11Cl2N3O/c1-10(22)21(12-7-5-11(17)6-8-12)16-15-13(18)3-2-4-14(15)19-9-20-16/h2-9H,1H3. The number of amides is 1. The first-order valence-electron chi connectivity index (χ1n) is 6.53. The van der Waals surface area contributed by atoms with E-state index in [0.29, 0.717) is 32.5 Å². The summed E-state index contributed by atoms with van der Waals surface area (Å²) in [7, 11) is 0. The SMILES string of the molecule is CC(=O)N(c1ccc(Cl)cc1)c1ncnc2cccc(Cl)c12. The molecule has 6 heteroatoms. The Labute approximate surface area is 137 Å². The molecule has 3 rings (SSSR count). The zero-order chi connectivity index (χ0) is 15.7. The number of carbonyl (C=O) groups is 1. The second kappa shape index (κ2) is 5.91. The van der Waals surface area contributed by atoms with Crippen molar-refractivity contribution in [1.29, 1.82) is 0 Å². The molecule has 0 spiro atoms. The smallest absolute Gasteiger partial charge is 0.229 e. The van der Waals surface area contributed by atoms with E-state index in [-0.39, 0.29) is 5.91 Å². The molecule has 1 amide bonds. The second-order valence-electron chi connectivity index (χ2n) is 4.66. The number of aromatic nitrogens is 2. The van der Waals surface area contributed by atoms with Crippen LogP contribution in [0.5, 0.6) is 0 Å². The van der Waals surface area contributed by atoms with Crippen LogP contribution in [0, 0.1) is 0 Å². The molecule has 2 aromatic carbocycles. The first-order valence-corrected chi connectivity index (χ1v) is 7.29. The van der Waals surface area contributed by atoms with Crippen molar-refractivity contribution < 1.29 is 4.79 Å². The van der Waals surface area contributed by atoms with Crippen LogP contribution < -0.4 is 4.90 Å². The number of carbonyl (C=O) groups excluding carboxylic acids is 1. The molecule has 0 aliphatic carbocycles. The van der Waals surface area contributed by atoms with E-state index in [2.05, 4.69) is 9.97 Å². The predicted molar refractivity (Wildman–Crippen MR) is 88.8 cm³/mol. The van der Waals surface area contributed by atoms with E-state index in [9.17, 15) is 4.79 Å². The number of halogens is 2. The number of fused-ring (bicyclic) bond motifs is 1. The highest BCUT2D eigenvalue weighted by Crippen LogP contribution is 2.34. The van der Waals surface area contributed by atoms with Gasteiger partial charge in [-0.1, -0.05) is 29.3 Å². The van der Waals surface area contributed by atoms with Crippen molar-refractivity contribution in [3.05, 3.63) is 58.8 Å². The fourth-order valence-corrected chi connectivity index (χ4v) is 2.64. The fraction of sp³-hybridized carbons (Fsp3) is 0.0625. The van der Waals surface area contributed by atoms with Gasteiger partial charge in [0, 0.05) is 11.9 Å². The molecule has 0 N–H and O–H groups in total. The first kappa shape index (κ1) is 14.8. The number of anilines is 2. The van der Waals surface area contributed by atoms with Crippen molar-refractivity contribution in [3.8, 4) is 0 Å². The lowest BCUT2D eigenvalue weighted by molar-refractivity contribution is -0.115. The van der Waals surface area contributed by atoms with Gasteiger partial charge >= 0.3 is 0 Å². The van der Waals surface area contributed by atoms with E-state index >= 15 is 0 Å². The van der Waals surface area contributed by atoms with Gasteiger partial charge in [0.2, 0.25) is 5.91 Å². The van der Waals surface area contributed by atoms with Crippen LogP contribution in [0.4, 0.5) is 11.5 Å². The van der Waals surface area contributed by atoms with Gasteiger partial charge < -0.3 is 0 Å². The van der Waals surface area contributed by atoms with Gasteiger partial charge in [0.05, 0.1) is 21.6 Å². The molecule has 0 aliphatic heterocycles. The maximum Gasteiger partial charge on any atom is 0.229 e. The predicted octanol–water partition coefficient (Wildman–Crippen LogP) is 4.62. The monoisotopic (exact) mass is 331 g/mol. The van der Waals surface area contributed by atoms with Crippen LogP contribution in [0.25, 0.3) is 10.9 Å². The molecule has 0 atom stereocenters. The lowest BCUT2D eigenvalue weighted by Gasteiger charge is -2.21. The van der Waals surface area contributed by atoms with E-state index < -0.39 is 0 Å². The molecule has 0 radical (unpaired) electrons. The van der Waals surface area contributed by atoms with Crippen molar-refractivity contribution in [2.24, 2.45) is 0 Å². The van der Waals surface area contributed by atoms with E-state index in [1.54, 1.807) is 30.3 Å². The summed E-state index contributed by atoms with van der Waals surface area (Å²) in [5.41, 5.74) is 1.34. The quantitative estimate of drug-likeness (QED) is 0.688. The van der Waals surface area contributed by atoms with Gasteiger partial charge in [-0.05, 0) is 36.4 Å². The molecule has 0 saturated carbocycles. The van der Waals surface area contributed by atoms with Crippen molar-refractivity contribution in [2.45, 2.75) is 6.92 Å². The van der Waals surface area contributed by atoms with Crippen LogP contribution >= 0.6 is 23.2 Å². The van der Waals surface area contributed by atoms with E-state index in [1.807, 2.05) is 12.1 Å². The molecule has 0 saturated heterocycles. The molecule has 0 fully saturated rings. The lowest BCUT2D eigenvalue weighted by Crippen LogP contribution is -2.24. The molecular formula is C16H11Cl2N3O. The third kappa shape index (κ3) is 2.63. The molecule has 22 heavy (non-hydrogen) atoms. The van der Waals surface area contributed by atoms with Gasteiger partial charge in [0.15, 0.2) is 5.82 Å². The average Bonchev–Trinajstić information content (AvgIpc) is 2.49. The summed E-state index contributed by atoms with van der Waals surface area (Å²) in [5, 5.41) is 1.72. The number of nitrogens with zero attached hydrogens (tertiary/aromatic N) is 3. The summed E-state index contributed by atoms with van der Waals surface area (Å²) in [6, 6.07) is 12.3. The minimum atomic E-state index is -0.178. The third-order valence-corrected chi connectivity index (χ3v) is 3.77. The Morgan fingerprint density at radius 1 is 1.05 bits per heavy atom. The second-order valence-corrected chi connectivity index (χ2v) is 5.51. The summed E-state index contributed by atoms with van der Waals surface area (Å²) in [4.78, 5) is 22.1. The van der Waals surface area contributed by atoms with Gasteiger partial charge in [-0.15, -0.1) is 0 Å². The number of benzene rings is 2. The molecule has 0 aliphatic rings. The molecule has 1 heterocycles. The minimum Gasteiger partial charge on any atom is -0.274 e. The van der Waals surface area contributed by atoms with Crippen LogP contribution in [0.1, 0.15) is 6.92 Å². The summed E-state index contributed by atoms with van der Waals surface area (Å²) in [5.74, 6) is 0.271. The Hall–Kier alpha value is -2.17. The summed E-state index contributed by atoms with van der Waals surface area (Å²) in [6.07, 6.45) is 1.42. The molecule has 1 aromatic heterocycles. The van der Waals surface area contributed by atoms with Gasteiger partial charge in [-0.25, -0.2) is 9.97 Å². The largest absolute Gasteiger partial charge is 0.274 e. The first-order chi connectivity index (χ1) is 10.6. The van der Waals surface area contributed by atoms with Gasteiger partial charge in [0.1, 0.15) is 6.33 Å². The Morgan fingerprint density at radius 2 is 1.77 bits per heavy atom.